The van der Waals surface area contributed by atoms with E-state index in [-0.39, 0.29) is 23.0 Å². The highest BCUT2D eigenvalue weighted by molar-refractivity contribution is 6.30. The largest absolute Gasteiger partial charge is 0.350 e. The van der Waals surface area contributed by atoms with Gasteiger partial charge < -0.3 is 11.1 Å². The van der Waals surface area contributed by atoms with Gasteiger partial charge in [-0.2, -0.15) is 0 Å². The minimum absolute atomic E-state index is 0.0653. The van der Waals surface area contributed by atoms with Crippen LogP contribution in [0.5, 0.6) is 0 Å². The quantitative estimate of drug-likeness (QED) is 0.893. The molecule has 1 aromatic carbocycles. The Kier molecular flexibility index (Phi) is 4.62. The summed E-state index contributed by atoms with van der Waals surface area (Å²) in [6.07, 6.45) is 0.809. The van der Waals surface area contributed by atoms with E-state index in [9.17, 15) is 9.18 Å². The maximum atomic E-state index is 13.6. The van der Waals surface area contributed by atoms with E-state index in [2.05, 4.69) is 10.2 Å². The van der Waals surface area contributed by atoms with E-state index < -0.39 is 11.9 Å². The lowest BCUT2D eigenvalue weighted by molar-refractivity contribution is -0.122. The molecular weight excluding hydrogens is 281 g/mol. The summed E-state index contributed by atoms with van der Waals surface area (Å²) in [5.74, 6) is -0.633. The van der Waals surface area contributed by atoms with Crippen LogP contribution in [0.25, 0.3) is 0 Å². The van der Waals surface area contributed by atoms with Gasteiger partial charge in [0.1, 0.15) is 5.82 Å². The average molecular weight is 300 g/mol. The van der Waals surface area contributed by atoms with Gasteiger partial charge in [-0.3, -0.25) is 9.69 Å². The van der Waals surface area contributed by atoms with Crippen LogP contribution in [0.4, 0.5) is 4.39 Å². The Bertz CT molecular complexity index is 509. The number of hydrogen-bond donors (Lipinski definition) is 2. The van der Waals surface area contributed by atoms with Crippen LogP contribution >= 0.6 is 11.6 Å². The summed E-state index contributed by atoms with van der Waals surface area (Å²) in [4.78, 5) is 13.8. The zero-order chi connectivity index (χ0) is 14.9. The number of halogens is 2. The summed E-state index contributed by atoms with van der Waals surface area (Å²) in [5.41, 5.74) is 6.38. The van der Waals surface area contributed by atoms with Gasteiger partial charge in [-0.15, -0.1) is 0 Å². The molecule has 3 N–H and O–H groups in total. The molecule has 0 spiro atoms. The van der Waals surface area contributed by atoms with Crippen molar-refractivity contribution in [1.82, 2.24) is 10.2 Å². The van der Waals surface area contributed by atoms with Crippen LogP contribution in [0.15, 0.2) is 18.2 Å². The number of hydrogen-bond acceptors (Lipinski definition) is 3. The second-order valence-electron chi connectivity index (χ2n) is 5.29. The fourth-order valence-electron chi connectivity index (χ4n) is 2.60. The summed E-state index contributed by atoms with van der Waals surface area (Å²) in [6.45, 7) is 2.48. The monoisotopic (exact) mass is 299 g/mol. The molecule has 1 heterocycles. The van der Waals surface area contributed by atoms with Gasteiger partial charge in [0.15, 0.2) is 0 Å². The lowest BCUT2D eigenvalue weighted by Gasteiger charge is -2.27. The highest BCUT2D eigenvalue weighted by Gasteiger charge is 2.34. The van der Waals surface area contributed by atoms with Crippen molar-refractivity contribution >= 4 is 17.5 Å². The lowest BCUT2D eigenvalue weighted by Crippen LogP contribution is -2.45. The van der Waals surface area contributed by atoms with Crippen molar-refractivity contribution < 1.29 is 9.18 Å². The first-order valence-electron chi connectivity index (χ1n) is 6.61. The Balaban J connectivity index is 2.21. The van der Waals surface area contributed by atoms with Gasteiger partial charge in [0, 0.05) is 12.6 Å². The fourth-order valence-corrected chi connectivity index (χ4v) is 2.71. The molecule has 2 rings (SSSR count). The molecule has 0 radical (unpaired) electrons. The molecule has 0 bridgehead atoms. The molecule has 1 fully saturated rings. The summed E-state index contributed by atoms with van der Waals surface area (Å²) in [6, 6.07) is 4.08. The number of carbonyl (C=O) groups is 1. The number of likely N-dealkylation sites (N-methyl/N-ethyl adjacent to an activating group) is 1. The number of amides is 1. The topological polar surface area (TPSA) is 58.4 Å². The molecule has 110 valence electrons. The summed E-state index contributed by atoms with van der Waals surface area (Å²) < 4.78 is 13.6. The SMILES string of the molecule is CC(N)C(=O)NC1CCN(C)C1c1ccc(Cl)c(F)c1. The molecule has 1 amide bonds. The van der Waals surface area contributed by atoms with Crippen molar-refractivity contribution in [3.8, 4) is 0 Å². The first kappa shape index (κ1) is 15.2. The van der Waals surface area contributed by atoms with Gasteiger partial charge in [-0.1, -0.05) is 17.7 Å². The number of nitrogens with one attached hydrogen (secondary N) is 1. The fraction of sp³-hybridized carbons (Fsp3) is 0.500. The first-order valence-corrected chi connectivity index (χ1v) is 6.99. The third kappa shape index (κ3) is 3.11. The molecule has 6 heteroatoms. The Morgan fingerprint density at radius 1 is 1.60 bits per heavy atom. The number of nitrogens with zero attached hydrogens (tertiary/aromatic N) is 1. The van der Waals surface area contributed by atoms with Gasteiger partial charge in [-0.25, -0.2) is 4.39 Å². The zero-order valence-corrected chi connectivity index (χ0v) is 12.3. The number of nitrogens with two attached hydrogens (primary N) is 1. The zero-order valence-electron chi connectivity index (χ0n) is 11.6. The third-order valence-electron chi connectivity index (χ3n) is 3.68. The minimum Gasteiger partial charge on any atom is -0.350 e. The lowest BCUT2D eigenvalue weighted by atomic mass is 9.99. The number of rotatable bonds is 3. The molecule has 1 saturated heterocycles. The molecular formula is C14H19ClFN3O. The molecule has 0 saturated carbocycles. The second-order valence-corrected chi connectivity index (χ2v) is 5.70. The van der Waals surface area contributed by atoms with Crippen molar-refractivity contribution in [3.63, 3.8) is 0 Å². The van der Waals surface area contributed by atoms with Crippen molar-refractivity contribution in [2.24, 2.45) is 5.73 Å². The molecule has 20 heavy (non-hydrogen) atoms. The summed E-state index contributed by atoms with van der Waals surface area (Å²) >= 11 is 5.71. The van der Waals surface area contributed by atoms with Crippen LogP contribution < -0.4 is 11.1 Å². The van der Waals surface area contributed by atoms with Gasteiger partial charge in [0.25, 0.3) is 0 Å². The molecule has 3 atom stereocenters. The Morgan fingerprint density at radius 3 is 2.90 bits per heavy atom. The predicted molar refractivity (Wildman–Crippen MR) is 77.0 cm³/mol. The van der Waals surface area contributed by atoms with Crippen LogP contribution in [0.3, 0.4) is 0 Å². The molecule has 0 aromatic heterocycles. The Morgan fingerprint density at radius 2 is 2.30 bits per heavy atom. The van der Waals surface area contributed by atoms with E-state index in [4.69, 9.17) is 17.3 Å². The van der Waals surface area contributed by atoms with E-state index >= 15 is 0 Å². The predicted octanol–water partition coefficient (Wildman–Crippen LogP) is 1.69. The number of benzene rings is 1. The summed E-state index contributed by atoms with van der Waals surface area (Å²) in [5, 5.41) is 3.03. The minimum atomic E-state index is -0.552. The molecule has 4 nitrogen and oxygen atoms in total. The van der Waals surface area contributed by atoms with E-state index in [1.54, 1.807) is 19.1 Å². The maximum absolute atomic E-state index is 13.6. The Hall–Kier alpha value is -1.17. The third-order valence-corrected chi connectivity index (χ3v) is 3.98. The van der Waals surface area contributed by atoms with Crippen molar-refractivity contribution in [2.45, 2.75) is 31.5 Å². The second kappa shape index (κ2) is 6.08. The van der Waals surface area contributed by atoms with Crippen molar-refractivity contribution in [1.29, 1.82) is 0 Å². The molecule has 0 aliphatic carbocycles. The van der Waals surface area contributed by atoms with Gasteiger partial charge in [0.05, 0.1) is 17.1 Å². The van der Waals surface area contributed by atoms with Gasteiger partial charge >= 0.3 is 0 Å². The normalized spacial score (nSPS) is 24.6. The first-order chi connectivity index (χ1) is 9.40. The number of likely N-dealkylation sites (tertiary alicyclic amines) is 1. The highest BCUT2D eigenvalue weighted by Crippen LogP contribution is 2.32. The van der Waals surface area contributed by atoms with Crippen LogP contribution in [0.1, 0.15) is 24.9 Å². The van der Waals surface area contributed by atoms with Crippen LogP contribution in [0, 0.1) is 5.82 Å². The van der Waals surface area contributed by atoms with E-state index in [1.165, 1.54) is 6.07 Å². The van der Waals surface area contributed by atoms with E-state index in [0.29, 0.717) is 0 Å². The average Bonchev–Trinajstić information content (AvgIpc) is 2.74. The van der Waals surface area contributed by atoms with Crippen LogP contribution in [-0.2, 0) is 4.79 Å². The molecule has 1 aromatic rings. The van der Waals surface area contributed by atoms with E-state index in [0.717, 1.165) is 18.5 Å². The van der Waals surface area contributed by atoms with Crippen molar-refractivity contribution in [3.05, 3.63) is 34.6 Å². The van der Waals surface area contributed by atoms with Gasteiger partial charge in [-0.05, 0) is 38.1 Å². The molecule has 1 aliphatic heterocycles. The standard InChI is InChI=1S/C14H19ClFN3O/c1-8(17)14(20)18-12-5-6-19(2)13(12)9-3-4-10(15)11(16)7-9/h3-4,7-8,12-13H,5-6,17H2,1-2H3,(H,18,20). The highest BCUT2D eigenvalue weighted by atomic mass is 35.5. The smallest absolute Gasteiger partial charge is 0.236 e. The van der Waals surface area contributed by atoms with Crippen LogP contribution in [-0.4, -0.2) is 36.5 Å². The Labute approximate surface area is 123 Å². The summed E-state index contributed by atoms with van der Waals surface area (Å²) in [7, 11) is 1.95. The maximum Gasteiger partial charge on any atom is 0.236 e. The molecule has 3 unspecified atom stereocenters. The van der Waals surface area contributed by atoms with Gasteiger partial charge in [0.2, 0.25) is 5.91 Å². The van der Waals surface area contributed by atoms with Crippen LogP contribution in [0.2, 0.25) is 5.02 Å². The van der Waals surface area contributed by atoms with Crippen molar-refractivity contribution in [2.75, 3.05) is 13.6 Å². The molecule has 1 aliphatic rings. The number of carbonyl (C=O) groups excluding carboxylic acids is 1. The van der Waals surface area contributed by atoms with E-state index in [1.807, 2.05) is 7.05 Å².